The zero-order valence-electron chi connectivity index (χ0n) is 14.2. The second-order valence-electron chi connectivity index (χ2n) is 6.42. The Balaban J connectivity index is 1.69. The summed E-state index contributed by atoms with van der Waals surface area (Å²) in [6.45, 7) is 2.26. The van der Waals surface area contributed by atoms with E-state index in [2.05, 4.69) is 55.5 Å². The highest BCUT2D eigenvalue weighted by molar-refractivity contribution is 5.76. The molecule has 0 bridgehead atoms. The van der Waals surface area contributed by atoms with Crippen LogP contribution in [-0.2, 0) is 0 Å². The second kappa shape index (κ2) is 7.50. The fraction of sp³-hybridized carbons (Fsp3) is 0.364. The fourth-order valence-corrected chi connectivity index (χ4v) is 3.33. The van der Waals surface area contributed by atoms with Crippen LogP contribution in [0.15, 0.2) is 66.3 Å². The Labute approximate surface area is 140 Å². The van der Waals surface area contributed by atoms with Gasteiger partial charge in [0, 0.05) is 11.8 Å². The molecule has 0 aliphatic heterocycles. The molecule has 2 unspecified atom stereocenters. The number of fused-ring (bicyclic) bond motifs is 1. The smallest absolute Gasteiger partial charge is 0.118 e. The van der Waals surface area contributed by atoms with Gasteiger partial charge >= 0.3 is 0 Å². The first-order valence-electron chi connectivity index (χ1n) is 8.73. The van der Waals surface area contributed by atoms with Crippen LogP contribution >= 0.6 is 0 Å². The minimum Gasteiger partial charge on any atom is -0.497 e. The van der Waals surface area contributed by atoms with Crippen molar-refractivity contribution in [2.24, 2.45) is 11.8 Å². The van der Waals surface area contributed by atoms with Crippen molar-refractivity contribution in [3.05, 3.63) is 71.9 Å². The van der Waals surface area contributed by atoms with E-state index in [-0.39, 0.29) is 0 Å². The number of rotatable bonds is 6. The zero-order valence-corrected chi connectivity index (χ0v) is 14.2. The van der Waals surface area contributed by atoms with Crippen molar-refractivity contribution >= 4 is 5.57 Å². The summed E-state index contributed by atoms with van der Waals surface area (Å²) in [7, 11) is 1.70. The third-order valence-electron chi connectivity index (χ3n) is 4.75. The van der Waals surface area contributed by atoms with E-state index >= 15 is 0 Å². The van der Waals surface area contributed by atoms with Gasteiger partial charge in [-0.3, -0.25) is 0 Å². The van der Waals surface area contributed by atoms with E-state index in [4.69, 9.17) is 4.74 Å². The van der Waals surface area contributed by atoms with Crippen LogP contribution in [0.3, 0.4) is 0 Å². The topological polar surface area (TPSA) is 9.23 Å². The molecule has 23 heavy (non-hydrogen) atoms. The fourth-order valence-electron chi connectivity index (χ4n) is 3.33. The number of allylic oxidation sites excluding steroid dienone is 8. The molecule has 0 spiro atoms. The molecule has 120 valence electrons. The van der Waals surface area contributed by atoms with Crippen LogP contribution in [0.4, 0.5) is 0 Å². The van der Waals surface area contributed by atoms with Crippen LogP contribution in [0.25, 0.3) is 5.57 Å². The van der Waals surface area contributed by atoms with Gasteiger partial charge in [0.25, 0.3) is 0 Å². The Morgan fingerprint density at radius 2 is 1.65 bits per heavy atom. The highest BCUT2D eigenvalue weighted by Crippen LogP contribution is 2.34. The molecule has 2 atom stereocenters. The van der Waals surface area contributed by atoms with Gasteiger partial charge in [0.05, 0.1) is 7.11 Å². The molecule has 1 aromatic carbocycles. The van der Waals surface area contributed by atoms with Gasteiger partial charge < -0.3 is 4.74 Å². The maximum absolute atomic E-state index is 5.24. The van der Waals surface area contributed by atoms with Crippen LogP contribution < -0.4 is 4.74 Å². The Hall–Kier alpha value is -2.02. The Morgan fingerprint density at radius 3 is 2.39 bits per heavy atom. The monoisotopic (exact) mass is 306 g/mol. The molecule has 0 fully saturated rings. The SMILES string of the molecule is CCCCCC1=CC2C=CC(c3ccc(OC)cc3)=CC2C=C1. The average molecular weight is 306 g/mol. The highest BCUT2D eigenvalue weighted by atomic mass is 16.5. The first kappa shape index (κ1) is 15.9. The standard InChI is InChI=1S/C22H26O/c1-3-4-5-6-17-7-8-21-16-20(10-9-19(21)15-17)18-11-13-22(23-2)14-12-18/h7-16,19,21H,3-6H2,1-2H3. The summed E-state index contributed by atoms with van der Waals surface area (Å²) in [5.74, 6) is 1.93. The molecule has 1 nitrogen and oxygen atoms in total. The summed E-state index contributed by atoms with van der Waals surface area (Å²) in [6.07, 6.45) is 19.3. The summed E-state index contributed by atoms with van der Waals surface area (Å²) in [6, 6.07) is 8.32. The van der Waals surface area contributed by atoms with Crippen molar-refractivity contribution in [3.8, 4) is 5.75 Å². The summed E-state index contributed by atoms with van der Waals surface area (Å²) < 4.78 is 5.24. The van der Waals surface area contributed by atoms with Gasteiger partial charge in [0.1, 0.15) is 5.75 Å². The quantitative estimate of drug-likeness (QED) is 0.589. The van der Waals surface area contributed by atoms with Crippen LogP contribution in [0.1, 0.15) is 38.2 Å². The summed E-state index contributed by atoms with van der Waals surface area (Å²) in [4.78, 5) is 0. The molecule has 2 aliphatic carbocycles. The van der Waals surface area contributed by atoms with Crippen LogP contribution in [0, 0.1) is 11.8 Å². The van der Waals surface area contributed by atoms with Crippen LogP contribution in [0.2, 0.25) is 0 Å². The molecule has 0 N–H and O–H groups in total. The lowest BCUT2D eigenvalue weighted by Gasteiger charge is -2.25. The highest BCUT2D eigenvalue weighted by Gasteiger charge is 2.20. The predicted octanol–water partition coefficient (Wildman–Crippen LogP) is 5.96. The van der Waals surface area contributed by atoms with Gasteiger partial charge in [-0.25, -0.2) is 0 Å². The minimum atomic E-state index is 0.493. The molecule has 0 amide bonds. The van der Waals surface area contributed by atoms with Crippen molar-refractivity contribution in [3.63, 3.8) is 0 Å². The average Bonchev–Trinajstić information content (AvgIpc) is 2.61. The molecule has 3 rings (SSSR count). The van der Waals surface area contributed by atoms with Crippen molar-refractivity contribution < 1.29 is 4.74 Å². The Bertz CT molecular complexity index is 643. The summed E-state index contributed by atoms with van der Waals surface area (Å²) in [5, 5.41) is 0. The molecule has 1 aromatic rings. The van der Waals surface area contributed by atoms with Gasteiger partial charge in [0.15, 0.2) is 0 Å². The summed E-state index contributed by atoms with van der Waals surface area (Å²) >= 11 is 0. The van der Waals surface area contributed by atoms with E-state index in [9.17, 15) is 0 Å². The third kappa shape index (κ3) is 3.85. The summed E-state index contributed by atoms with van der Waals surface area (Å²) in [5.41, 5.74) is 4.07. The molecule has 1 heteroatoms. The van der Waals surface area contributed by atoms with Gasteiger partial charge in [-0.1, -0.05) is 73.9 Å². The Morgan fingerprint density at radius 1 is 0.913 bits per heavy atom. The number of benzene rings is 1. The van der Waals surface area contributed by atoms with E-state index in [1.807, 2.05) is 12.1 Å². The minimum absolute atomic E-state index is 0.493. The van der Waals surface area contributed by atoms with Crippen molar-refractivity contribution in [1.29, 1.82) is 0 Å². The lowest BCUT2D eigenvalue weighted by Crippen LogP contribution is -2.13. The molecule has 0 heterocycles. The molecule has 0 saturated heterocycles. The normalized spacial score (nSPS) is 22.3. The van der Waals surface area contributed by atoms with Gasteiger partial charge in [-0.05, 0) is 36.1 Å². The van der Waals surface area contributed by atoms with Crippen LogP contribution in [-0.4, -0.2) is 7.11 Å². The van der Waals surface area contributed by atoms with Gasteiger partial charge in [-0.15, -0.1) is 0 Å². The maximum Gasteiger partial charge on any atom is 0.118 e. The van der Waals surface area contributed by atoms with E-state index < -0.39 is 0 Å². The maximum atomic E-state index is 5.24. The van der Waals surface area contributed by atoms with Crippen LogP contribution in [0.5, 0.6) is 5.75 Å². The molecular formula is C22H26O. The van der Waals surface area contributed by atoms with Gasteiger partial charge in [0.2, 0.25) is 0 Å². The Kier molecular flexibility index (Phi) is 5.17. The second-order valence-corrected chi connectivity index (χ2v) is 6.42. The lowest BCUT2D eigenvalue weighted by molar-refractivity contribution is 0.415. The number of hydrogen-bond donors (Lipinski definition) is 0. The lowest BCUT2D eigenvalue weighted by atomic mass is 9.79. The number of ether oxygens (including phenoxy) is 1. The largest absolute Gasteiger partial charge is 0.497 e. The van der Waals surface area contributed by atoms with E-state index in [0.29, 0.717) is 11.8 Å². The number of methoxy groups -OCH3 is 1. The third-order valence-corrected chi connectivity index (χ3v) is 4.75. The molecule has 0 saturated carbocycles. The first-order valence-corrected chi connectivity index (χ1v) is 8.73. The van der Waals surface area contributed by atoms with Gasteiger partial charge in [-0.2, -0.15) is 0 Å². The number of hydrogen-bond acceptors (Lipinski definition) is 1. The number of unbranched alkanes of at least 4 members (excludes halogenated alkanes) is 2. The van der Waals surface area contributed by atoms with E-state index in [1.54, 1.807) is 7.11 Å². The zero-order chi connectivity index (χ0) is 16.1. The van der Waals surface area contributed by atoms with E-state index in [1.165, 1.54) is 42.4 Å². The predicted molar refractivity (Wildman–Crippen MR) is 98.5 cm³/mol. The van der Waals surface area contributed by atoms with Crippen molar-refractivity contribution in [2.75, 3.05) is 7.11 Å². The molecular weight excluding hydrogens is 280 g/mol. The van der Waals surface area contributed by atoms with E-state index in [0.717, 1.165) is 5.75 Å². The van der Waals surface area contributed by atoms with Crippen molar-refractivity contribution in [2.45, 2.75) is 32.6 Å². The molecule has 2 aliphatic rings. The van der Waals surface area contributed by atoms with Crippen molar-refractivity contribution in [1.82, 2.24) is 0 Å². The molecule has 0 aromatic heterocycles. The first-order chi connectivity index (χ1) is 11.3. The molecule has 0 radical (unpaired) electrons.